The number of amides is 2. The van der Waals surface area contributed by atoms with Gasteiger partial charge in [0, 0.05) is 18.8 Å². The van der Waals surface area contributed by atoms with Gasteiger partial charge in [-0.3, -0.25) is 0 Å². The van der Waals surface area contributed by atoms with E-state index in [1.807, 2.05) is 23.1 Å². The summed E-state index contributed by atoms with van der Waals surface area (Å²) in [6, 6.07) is 7.96. The standard InChI is InChI=1S/C12H16N2O/c1-9(2)7-14-8-10-5-3-4-6-11(10)13-12(14)15/h3-6,9H,7-8H2,1-2H3,(H,13,15). The Bertz CT molecular complexity index is 374. The van der Waals surface area contributed by atoms with E-state index in [0.29, 0.717) is 5.92 Å². The molecule has 2 rings (SSSR count). The molecule has 0 aliphatic carbocycles. The molecule has 0 radical (unpaired) electrons. The number of nitrogens with zero attached hydrogens (tertiary/aromatic N) is 1. The van der Waals surface area contributed by atoms with Crippen molar-refractivity contribution in [2.24, 2.45) is 5.92 Å². The van der Waals surface area contributed by atoms with E-state index < -0.39 is 0 Å². The zero-order valence-electron chi connectivity index (χ0n) is 9.16. The topological polar surface area (TPSA) is 32.3 Å². The maximum atomic E-state index is 11.7. The molecular weight excluding hydrogens is 188 g/mol. The number of nitrogens with one attached hydrogen (secondary N) is 1. The number of urea groups is 1. The third-order valence-electron chi connectivity index (χ3n) is 2.49. The first kappa shape index (κ1) is 10.0. The summed E-state index contributed by atoms with van der Waals surface area (Å²) in [5, 5.41) is 2.90. The van der Waals surface area contributed by atoms with Gasteiger partial charge >= 0.3 is 6.03 Å². The van der Waals surface area contributed by atoms with E-state index in [0.717, 1.165) is 18.8 Å². The first-order valence-corrected chi connectivity index (χ1v) is 5.30. The van der Waals surface area contributed by atoms with Crippen LogP contribution in [0.3, 0.4) is 0 Å². The molecule has 0 saturated heterocycles. The molecule has 3 nitrogen and oxygen atoms in total. The molecule has 1 heterocycles. The van der Waals surface area contributed by atoms with Crippen LogP contribution in [0.2, 0.25) is 0 Å². The van der Waals surface area contributed by atoms with Gasteiger partial charge in [-0.05, 0) is 17.5 Å². The largest absolute Gasteiger partial charge is 0.322 e. The van der Waals surface area contributed by atoms with Gasteiger partial charge in [0.15, 0.2) is 0 Å². The fraction of sp³-hybridized carbons (Fsp3) is 0.417. The molecule has 2 amide bonds. The lowest BCUT2D eigenvalue weighted by atomic mass is 10.1. The van der Waals surface area contributed by atoms with Crippen LogP contribution in [0.5, 0.6) is 0 Å². The summed E-state index contributed by atoms with van der Waals surface area (Å²) in [5.74, 6) is 0.501. The number of para-hydroxylation sites is 1. The van der Waals surface area contributed by atoms with Crippen molar-refractivity contribution in [2.45, 2.75) is 20.4 Å². The molecule has 0 unspecified atom stereocenters. The van der Waals surface area contributed by atoms with Crippen molar-refractivity contribution in [2.75, 3.05) is 11.9 Å². The summed E-state index contributed by atoms with van der Waals surface area (Å²) in [4.78, 5) is 13.6. The van der Waals surface area contributed by atoms with Crippen molar-refractivity contribution in [1.82, 2.24) is 4.90 Å². The normalized spacial score (nSPS) is 15.1. The van der Waals surface area contributed by atoms with E-state index >= 15 is 0 Å². The van der Waals surface area contributed by atoms with Crippen LogP contribution in [0.4, 0.5) is 10.5 Å². The van der Waals surface area contributed by atoms with Crippen molar-refractivity contribution in [1.29, 1.82) is 0 Å². The lowest BCUT2D eigenvalue weighted by Gasteiger charge is -2.30. The van der Waals surface area contributed by atoms with Crippen molar-refractivity contribution < 1.29 is 4.79 Å². The minimum atomic E-state index is 0.0161. The van der Waals surface area contributed by atoms with E-state index in [9.17, 15) is 4.79 Å². The van der Waals surface area contributed by atoms with Crippen LogP contribution in [0.1, 0.15) is 19.4 Å². The fourth-order valence-electron chi connectivity index (χ4n) is 1.84. The van der Waals surface area contributed by atoms with Crippen molar-refractivity contribution >= 4 is 11.7 Å². The Hall–Kier alpha value is -1.51. The fourth-order valence-corrected chi connectivity index (χ4v) is 1.84. The van der Waals surface area contributed by atoms with Crippen LogP contribution in [0.15, 0.2) is 24.3 Å². The molecule has 1 aromatic carbocycles. The molecule has 3 heteroatoms. The van der Waals surface area contributed by atoms with Crippen molar-refractivity contribution in [3.8, 4) is 0 Å². The number of hydrogen-bond donors (Lipinski definition) is 1. The molecule has 0 fully saturated rings. The van der Waals surface area contributed by atoms with E-state index in [4.69, 9.17) is 0 Å². The van der Waals surface area contributed by atoms with Crippen molar-refractivity contribution in [3.63, 3.8) is 0 Å². The Morgan fingerprint density at radius 1 is 1.40 bits per heavy atom. The predicted molar refractivity (Wildman–Crippen MR) is 60.7 cm³/mol. The van der Waals surface area contributed by atoms with Crippen LogP contribution in [0, 0.1) is 5.92 Å². The summed E-state index contributed by atoms with van der Waals surface area (Å²) < 4.78 is 0. The Kier molecular flexibility index (Phi) is 2.62. The summed E-state index contributed by atoms with van der Waals surface area (Å²) in [7, 11) is 0. The number of hydrogen-bond acceptors (Lipinski definition) is 1. The lowest BCUT2D eigenvalue weighted by Crippen LogP contribution is -2.40. The second-order valence-electron chi connectivity index (χ2n) is 4.36. The van der Waals surface area contributed by atoms with Gasteiger partial charge in [-0.15, -0.1) is 0 Å². The second-order valence-corrected chi connectivity index (χ2v) is 4.36. The van der Waals surface area contributed by atoms with Crippen LogP contribution < -0.4 is 5.32 Å². The number of benzene rings is 1. The molecule has 80 valence electrons. The highest BCUT2D eigenvalue weighted by molar-refractivity contribution is 5.92. The number of carbonyl (C=O) groups excluding carboxylic acids is 1. The average molecular weight is 204 g/mol. The number of anilines is 1. The third kappa shape index (κ3) is 2.12. The third-order valence-corrected chi connectivity index (χ3v) is 2.49. The minimum Gasteiger partial charge on any atom is -0.320 e. The first-order chi connectivity index (χ1) is 7.16. The molecule has 0 spiro atoms. The maximum absolute atomic E-state index is 11.7. The molecule has 1 N–H and O–H groups in total. The Balaban J connectivity index is 2.18. The minimum absolute atomic E-state index is 0.0161. The quantitative estimate of drug-likeness (QED) is 0.789. The molecule has 1 aromatic rings. The van der Waals surface area contributed by atoms with Gasteiger partial charge in [-0.2, -0.15) is 0 Å². The molecular formula is C12H16N2O. The maximum Gasteiger partial charge on any atom is 0.322 e. The molecule has 15 heavy (non-hydrogen) atoms. The number of rotatable bonds is 2. The second kappa shape index (κ2) is 3.93. The lowest BCUT2D eigenvalue weighted by molar-refractivity contribution is 0.199. The van der Waals surface area contributed by atoms with Gasteiger partial charge in [-0.1, -0.05) is 32.0 Å². The first-order valence-electron chi connectivity index (χ1n) is 5.30. The SMILES string of the molecule is CC(C)CN1Cc2ccccc2NC1=O. The van der Waals surface area contributed by atoms with Gasteiger partial charge < -0.3 is 10.2 Å². The van der Waals surface area contributed by atoms with E-state index in [-0.39, 0.29) is 6.03 Å². The van der Waals surface area contributed by atoms with Crippen LogP contribution in [-0.2, 0) is 6.54 Å². The highest BCUT2D eigenvalue weighted by atomic mass is 16.2. The molecule has 0 aromatic heterocycles. The zero-order chi connectivity index (χ0) is 10.8. The highest BCUT2D eigenvalue weighted by Crippen LogP contribution is 2.22. The van der Waals surface area contributed by atoms with Crippen molar-refractivity contribution in [3.05, 3.63) is 29.8 Å². The number of fused-ring (bicyclic) bond motifs is 1. The van der Waals surface area contributed by atoms with Gasteiger partial charge in [0.05, 0.1) is 0 Å². The van der Waals surface area contributed by atoms with Crippen LogP contribution in [-0.4, -0.2) is 17.5 Å². The molecule has 1 aliphatic heterocycles. The van der Waals surface area contributed by atoms with Crippen LogP contribution >= 0.6 is 0 Å². The van der Waals surface area contributed by atoms with Gasteiger partial charge in [0.2, 0.25) is 0 Å². The number of carbonyl (C=O) groups is 1. The Morgan fingerprint density at radius 2 is 2.13 bits per heavy atom. The Labute approximate surface area is 90.1 Å². The summed E-state index contributed by atoms with van der Waals surface area (Å²) in [6.07, 6.45) is 0. The highest BCUT2D eigenvalue weighted by Gasteiger charge is 2.22. The summed E-state index contributed by atoms with van der Waals surface area (Å²) in [6.45, 7) is 5.77. The smallest absolute Gasteiger partial charge is 0.320 e. The van der Waals surface area contributed by atoms with E-state index in [1.54, 1.807) is 0 Å². The van der Waals surface area contributed by atoms with Gasteiger partial charge in [0.25, 0.3) is 0 Å². The van der Waals surface area contributed by atoms with Gasteiger partial charge in [-0.25, -0.2) is 4.79 Å². The predicted octanol–water partition coefficient (Wildman–Crippen LogP) is 2.69. The average Bonchev–Trinajstić information content (AvgIpc) is 2.18. The molecule has 0 atom stereocenters. The van der Waals surface area contributed by atoms with E-state index in [2.05, 4.69) is 25.2 Å². The monoisotopic (exact) mass is 204 g/mol. The van der Waals surface area contributed by atoms with Crippen LogP contribution in [0.25, 0.3) is 0 Å². The van der Waals surface area contributed by atoms with E-state index in [1.165, 1.54) is 5.56 Å². The molecule has 0 saturated carbocycles. The summed E-state index contributed by atoms with van der Waals surface area (Å²) >= 11 is 0. The molecule has 0 bridgehead atoms. The zero-order valence-corrected chi connectivity index (χ0v) is 9.16. The molecule has 1 aliphatic rings. The van der Waals surface area contributed by atoms with Gasteiger partial charge in [0.1, 0.15) is 0 Å². The Morgan fingerprint density at radius 3 is 2.87 bits per heavy atom. The summed E-state index contributed by atoms with van der Waals surface area (Å²) in [5.41, 5.74) is 2.14.